The molecule has 3 aliphatic rings. The third-order valence-electron chi connectivity index (χ3n) is 9.57. The number of fused-ring (bicyclic) bond motifs is 1. The van der Waals surface area contributed by atoms with Gasteiger partial charge in [0.2, 0.25) is 0 Å². The number of nitrogens with zero attached hydrogens (tertiary/aromatic N) is 2. The molecular formula is C26H42N2O4S. The fourth-order valence-corrected chi connectivity index (χ4v) is 8.12. The summed E-state index contributed by atoms with van der Waals surface area (Å²) in [4.78, 5) is 13.5. The summed E-state index contributed by atoms with van der Waals surface area (Å²) < 4.78 is 25.0. The van der Waals surface area contributed by atoms with Crippen LogP contribution in [-0.2, 0) is 21.2 Å². The lowest BCUT2D eigenvalue weighted by atomic mass is 9.59. The lowest BCUT2D eigenvalue weighted by Crippen LogP contribution is -2.41. The number of hydrogen-bond acceptors (Lipinski definition) is 5. The highest BCUT2D eigenvalue weighted by atomic mass is 32.2. The Morgan fingerprint density at radius 2 is 1.88 bits per heavy atom. The first kappa shape index (κ1) is 24.9. The van der Waals surface area contributed by atoms with Crippen molar-refractivity contribution in [1.82, 2.24) is 9.78 Å². The van der Waals surface area contributed by atoms with Crippen molar-refractivity contribution in [2.24, 2.45) is 35.0 Å². The molecule has 7 heteroatoms. The van der Waals surface area contributed by atoms with Gasteiger partial charge in [-0.05, 0) is 87.4 Å². The molecular weight excluding hydrogens is 436 g/mol. The zero-order valence-electron chi connectivity index (χ0n) is 20.8. The maximum absolute atomic E-state index is 13.3. The number of Topliss-reactive ketones (excluding diaryl/α,β-unsaturated/α-hetero) is 1. The Morgan fingerprint density at radius 1 is 1.15 bits per heavy atom. The first-order valence-electron chi connectivity index (χ1n) is 12.9. The number of carbonyl (C=O) groups is 1. The molecule has 3 fully saturated rings. The summed E-state index contributed by atoms with van der Waals surface area (Å²) in [7, 11) is -3.31. The minimum Gasteiger partial charge on any atom is -0.390 e. The topological polar surface area (TPSA) is 89.3 Å². The molecule has 186 valence electrons. The van der Waals surface area contributed by atoms with Crippen LogP contribution in [0.25, 0.3) is 0 Å². The van der Waals surface area contributed by atoms with E-state index < -0.39 is 15.4 Å². The number of aliphatic hydroxyl groups is 1. The van der Waals surface area contributed by atoms with Crippen molar-refractivity contribution in [3.63, 3.8) is 0 Å². The molecule has 6 nitrogen and oxygen atoms in total. The maximum atomic E-state index is 13.3. The van der Waals surface area contributed by atoms with Crippen molar-refractivity contribution in [3.8, 4) is 0 Å². The van der Waals surface area contributed by atoms with Gasteiger partial charge in [-0.1, -0.05) is 26.7 Å². The Balaban J connectivity index is 1.40. The van der Waals surface area contributed by atoms with Gasteiger partial charge in [-0.2, -0.15) is 5.10 Å². The third kappa shape index (κ3) is 5.24. The van der Waals surface area contributed by atoms with Crippen molar-refractivity contribution < 1.29 is 18.3 Å². The van der Waals surface area contributed by atoms with E-state index in [0.717, 1.165) is 44.8 Å². The summed E-state index contributed by atoms with van der Waals surface area (Å²) in [5.41, 5.74) is -0.469. The van der Waals surface area contributed by atoms with Crippen molar-refractivity contribution in [1.29, 1.82) is 0 Å². The van der Waals surface area contributed by atoms with Crippen LogP contribution in [0.2, 0.25) is 0 Å². The predicted molar refractivity (Wildman–Crippen MR) is 128 cm³/mol. The number of carbonyl (C=O) groups excluding carboxylic acids is 1. The Morgan fingerprint density at radius 3 is 2.58 bits per heavy atom. The summed E-state index contributed by atoms with van der Waals surface area (Å²) in [5.74, 6) is 2.77. The highest BCUT2D eigenvalue weighted by Crippen LogP contribution is 2.59. The van der Waals surface area contributed by atoms with E-state index in [9.17, 15) is 18.3 Å². The van der Waals surface area contributed by atoms with Crippen LogP contribution >= 0.6 is 0 Å². The van der Waals surface area contributed by atoms with Crippen LogP contribution in [0.1, 0.15) is 85.0 Å². The van der Waals surface area contributed by atoms with Gasteiger partial charge in [0.15, 0.2) is 15.6 Å². The summed E-state index contributed by atoms with van der Waals surface area (Å²) >= 11 is 0. The number of ketones is 1. The SMILES string of the molecule is C[C@H]1CC[C@@](C)(O)C[C@@H]1CC[C@@H]1CCC[C@]2(C)[C@@H](C(=O)Cn3cc(S(C)(=O)=O)cn3)CC[C@@H]12. The summed E-state index contributed by atoms with van der Waals surface area (Å²) in [6.45, 7) is 6.83. The molecule has 1 N–H and O–H groups in total. The van der Waals surface area contributed by atoms with E-state index >= 15 is 0 Å². The Hall–Kier alpha value is -1.21. The number of rotatable bonds is 7. The lowest BCUT2D eigenvalue weighted by Gasteiger charge is -2.46. The molecule has 0 unspecified atom stereocenters. The molecule has 1 aromatic heterocycles. The summed E-state index contributed by atoms with van der Waals surface area (Å²) in [6.07, 6.45) is 14.9. The number of sulfone groups is 1. The van der Waals surface area contributed by atoms with Crippen LogP contribution in [0, 0.1) is 35.0 Å². The third-order valence-corrected chi connectivity index (χ3v) is 10.6. The van der Waals surface area contributed by atoms with Gasteiger partial charge in [-0.3, -0.25) is 9.48 Å². The predicted octanol–water partition coefficient (Wildman–Crippen LogP) is 4.66. The largest absolute Gasteiger partial charge is 0.390 e. The highest BCUT2D eigenvalue weighted by molar-refractivity contribution is 7.90. The van der Waals surface area contributed by atoms with E-state index in [1.54, 1.807) is 0 Å². The van der Waals surface area contributed by atoms with E-state index in [4.69, 9.17) is 0 Å². The molecule has 7 atom stereocenters. The zero-order chi connectivity index (χ0) is 24.0. The smallest absolute Gasteiger partial charge is 0.178 e. The monoisotopic (exact) mass is 478 g/mol. The van der Waals surface area contributed by atoms with Gasteiger partial charge in [0.05, 0.1) is 18.3 Å². The standard InChI is InChI=1S/C26H42N2O4S/c1-18-11-13-25(2,30)14-20(18)8-7-19-6-5-12-26(3)22(19)9-10-23(26)24(29)17-28-16-21(15-27-28)33(4,31)32/h15-16,18-20,22-23,30H,5-14,17H2,1-4H3/t18-,19-,20-,22-,23+,25+,26-/m0/s1. The van der Waals surface area contributed by atoms with Crippen molar-refractivity contribution >= 4 is 15.6 Å². The maximum Gasteiger partial charge on any atom is 0.178 e. The number of hydrogen-bond donors (Lipinski definition) is 1. The Labute approximate surface area is 199 Å². The fraction of sp³-hybridized carbons (Fsp3) is 0.846. The first-order chi connectivity index (χ1) is 15.4. The quantitative estimate of drug-likeness (QED) is 0.616. The highest BCUT2D eigenvalue weighted by Gasteiger charge is 2.53. The zero-order valence-corrected chi connectivity index (χ0v) is 21.6. The molecule has 1 heterocycles. The minimum absolute atomic E-state index is 0.0329. The van der Waals surface area contributed by atoms with Crippen molar-refractivity contribution in [3.05, 3.63) is 12.4 Å². The molecule has 0 saturated heterocycles. The molecule has 3 aliphatic carbocycles. The summed E-state index contributed by atoms with van der Waals surface area (Å²) in [6, 6.07) is 0. The van der Waals surface area contributed by atoms with Gasteiger partial charge < -0.3 is 5.11 Å². The second-order valence-corrected chi connectivity index (χ2v) is 14.1. The van der Waals surface area contributed by atoms with Gasteiger partial charge in [0.1, 0.15) is 4.90 Å². The Bertz CT molecular complexity index is 969. The van der Waals surface area contributed by atoms with Crippen LogP contribution < -0.4 is 0 Å². The molecule has 3 saturated carbocycles. The van der Waals surface area contributed by atoms with Crippen LogP contribution in [0.3, 0.4) is 0 Å². The number of aromatic nitrogens is 2. The van der Waals surface area contributed by atoms with Gasteiger partial charge in [0.25, 0.3) is 0 Å². The summed E-state index contributed by atoms with van der Waals surface area (Å²) in [5, 5.41) is 14.7. The Kier molecular flexibility index (Phi) is 6.87. The van der Waals surface area contributed by atoms with E-state index in [1.165, 1.54) is 42.8 Å². The lowest BCUT2D eigenvalue weighted by molar-refractivity contribution is -0.128. The molecule has 0 amide bonds. The molecule has 4 rings (SSSR count). The molecule has 0 aromatic carbocycles. The van der Waals surface area contributed by atoms with Crippen LogP contribution in [0.15, 0.2) is 17.3 Å². The van der Waals surface area contributed by atoms with Crippen LogP contribution in [-0.4, -0.2) is 40.9 Å². The molecule has 0 bridgehead atoms. The fourth-order valence-electron chi connectivity index (χ4n) is 7.57. The van der Waals surface area contributed by atoms with Crippen molar-refractivity contribution in [2.45, 2.75) is 102 Å². The van der Waals surface area contributed by atoms with Gasteiger partial charge in [-0.15, -0.1) is 0 Å². The molecule has 0 aliphatic heterocycles. The molecule has 1 aromatic rings. The van der Waals surface area contributed by atoms with E-state index in [-0.39, 0.29) is 28.6 Å². The molecule has 0 radical (unpaired) electrons. The minimum atomic E-state index is -3.31. The van der Waals surface area contributed by atoms with Gasteiger partial charge in [-0.25, -0.2) is 8.42 Å². The van der Waals surface area contributed by atoms with Crippen LogP contribution in [0.4, 0.5) is 0 Å². The van der Waals surface area contributed by atoms with E-state index in [0.29, 0.717) is 23.7 Å². The average molecular weight is 479 g/mol. The molecule has 33 heavy (non-hydrogen) atoms. The normalized spacial score (nSPS) is 39.4. The van der Waals surface area contributed by atoms with Gasteiger partial charge >= 0.3 is 0 Å². The second-order valence-electron chi connectivity index (χ2n) is 12.1. The average Bonchev–Trinajstić information content (AvgIpc) is 3.32. The van der Waals surface area contributed by atoms with Gasteiger partial charge in [0, 0.05) is 18.4 Å². The van der Waals surface area contributed by atoms with Crippen LogP contribution in [0.5, 0.6) is 0 Å². The van der Waals surface area contributed by atoms with E-state index in [2.05, 4.69) is 18.9 Å². The van der Waals surface area contributed by atoms with Crippen molar-refractivity contribution in [2.75, 3.05) is 6.26 Å². The van der Waals surface area contributed by atoms with E-state index in [1.807, 2.05) is 6.92 Å². The second kappa shape index (κ2) is 9.10. The molecule has 0 spiro atoms. The first-order valence-corrected chi connectivity index (χ1v) is 14.8.